The Morgan fingerprint density at radius 1 is 0.909 bits per heavy atom. The third-order valence-corrected chi connectivity index (χ3v) is 4.84. The van der Waals surface area contributed by atoms with Crippen LogP contribution >= 0.6 is 0 Å². The van der Waals surface area contributed by atoms with Crippen molar-refractivity contribution in [2.45, 2.75) is 63.9 Å². The highest BCUT2D eigenvalue weighted by atomic mass is 16.4. The Kier molecular flexibility index (Phi) is 11.5. The van der Waals surface area contributed by atoms with E-state index in [0.717, 1.165) is 0 Å². The summed E-state index contributed by atoms with van der Waals surface area (Å²) in [5, 5.41) is 35.9. The van der Waals surface area contributed by atoms with Gasteiger partial charge in [-0.3, -0.25) is 14.4 Å². The normalized spacial score (nSPS) is 15.6. The number of hydrogen-bond acceptors (Lipinski definition) is 7. The molecule has 3 amide bonds. The number of carboxylic acid groups (broad SMARTS) is 1. The van der Waals surface area contributed by atoms with Gasteiger partial charge in [0.05, 0.1) is 18.8 Å². The molecular formula is C22H34N4O7. The highest BCUT2D eigenvalue weighted by molar-refractivity contribution is 5.94. The van der Waals surface area contributed by atoms with Crippen LogP contribution in [0.2, 0.25) is 0 Å². The Balaban J connectivity index is 2.84. The van der Waals surface area contributed by atoms with E-state index in [1.807, 2.05) is 13.8 Å². The van der Waals surface area contributed by atoms with Gasteiger partial charge in [-0.15, -0.1) is 0 Å². The van der Waals surface area contributed by atoms with Crippen LogP contribution in [0.4, 0.5) is 0 Å². The average Bonchev–Trinajstić information content (AvgIpc) is 2.74. The van der Waals surface area contributed by atoms with Gasteiger partial charge in [-0.25, -0.2) is 4.79 Å². The van der Waals surface area contributed by atoms with Gasteiger partial charge in [0.15, 0.2) is 0 Å². The van der Waals surface area contributed by atoms with Crippen LogP contribution in [0, 0.1) is 5.92 Å². The number of aliphatic carboxylic acids is 1. The lowest BCUT2D eigenvalue weighted by molar-refractivity contribution is -0.143. The van der Waals surface area contributed by atoms with Gasteiger partial charge in [0.2, 0.25) is 17.7 Å². The van der Waals surface area contributed by atoms with Gasteiger partial charge in [0.25, 0.3) is 0 Å². The Morgan fingerprint density at radius 3 is 1.97 bits per heavy atom. The molecule has 0 spiro atoms. The predicted molar refractivity (Wildman–Crippen MR) is 120 cm³/mol. The van der Waals surface area contributed by atoms with Crippen LogP contribution in [-0.4, -0.2) is 75.9 Å². The molecule has 11 nitrogen and oxygen atoms in total. The molecule has 0 saturated heterocycles. The molecule has 0 heterocycles. The summed E-state index contributed by atoms with van der Waals surface area (Å²) in [5.41, 5.74) is 6.45. The van der Waals surface area contributed by atoms with E-state index in [1.165, 1.54) is 6.92 Å². The van der Waals surface area contributed by atoms with Crippen molar-refractivity contribution in [1.82, 2.24) is 16.0 Å². The maximum Gasteiger partial charge on any atom is 0.326 e. The molecule has 0 aliphatic rings. The molecule has 5 atom stereocenters. The number of rotatable bonds is 13. The first-order chi connectivity index (χ1) is 15.5. The summed E-state index contributed by atoms with van der Waals surface area (Å²) < 4.78 is 0. The molecule has 184 valence electrons. The van der Waals surface area contributed by atoms with E-state index in [0.29, 0.717) is 12.0 Å². The molecule has 33 heavy (non-hydrogen) atoms. The van der Waals surface area contributed by atoms with E-state index in [9.17, 15) is 34.5 Å². The molecule has 0 radical (unpaired) electrons. The van der Waals surface area contributed by atoms with Crippen molar-refractivity contribution in [3.05, 3.63) is 35.9 Å². The molecule has 1 aromatic carbocycles. The lowest BCUT2D eigenvalue weighted by atomic mass is 10.0. The van der Waals surface area contributed by atoms with Gasteiger partial charge in [-0.1, -0.05) is 44.2 Å². The lowest BCUT2D eigenvalue weighted by Gasteiger charge is -2.26. The fraction of sp³-hybridized carbons (Fsp3) is 0.545. The number of hydrogen-bond donors (Lipinski definition) is 7. The molecule has 11 heteroatoms. The van der Waals surface area contributed by atoms with E-state index >= 15 is 0 Å². The molecule has 0 aromatic heterocycles. The molecule has 0 unspecified atom stereocenters. The zero-order valence-electron chi connectivity index (χ0n) is 19.0. The third-order valence-electron chi connectivity index (χ3n) is 4.84. The van der Waals surface area contributed by atoms with Crippen molar-refractivity contribution in [2.75, 3.05) is 6.61 Å². The summed E-state index contributed by atoms with van der Waals surface area (Å²) in [5.74, 6) is -3.67. The second-order valence-electron chi connectivity index (χ2n) is 8.30. The Hall–Kier alpha value is -3.02. The minimum absolute atomic E-state index is 0.00848. The number of nitrogens with one attached hydrogen (secondary N) is 3. The molecular weight excluding hydrogens is 432 g/mol. The van der Waals surface area contributed by atoms with Crippen molar-refractivity contribution in [3.63, 3.8) is 0 Å². The number of amides is 3. The number of aliphatic hydroxyl groups excluding tert-OH is 2. The zero-order chi connectivity index (χ0) is 25.1. The van der Waals surface area contributed by atoms with Crippen LogP contribution in [-0.2, 0) is 25.6 Å². The molecule has 0 fully saturated rings. The van der Waals surface area contributed by atoms with Crippen LogP contribution in [0.3, 0.4) is 0 Å². The summed E-state index contributed by atoms with van der Waals surface area (Å²) in [7, 11) is 0. The summed E-state index contributed by atoms with van der Waals surface area (Å²) in [6, 6.07) is 3.50. The van der Waals surface area contributed by atoms with Gasteiger partial charge in [0, 0.05) is 6.42 Å². The number of aliphatic hydroxyl groups is 2. The van der Waals surface area contributed by atoms with E-state index in [-0.39, 0.29) is 12.3 Å². The summed E-state index contributed by atoms with van der Waals surface area (Å²) in [4.78, 5) is 49.0. The van der Waals surface area contributed by atoms with Gasteiger partial charge in [0.1, 0.15) is 18.1 Å². The molecule has 0 bridgehead atoms. The highest BCUT2D eigenvalue weighted by Gasteiger charge is 2.32. The van der Waals surface area contributed by atoms with Crippen molar-refractivity contribution in [3.8, 4) is 0 Å². The van der Waals surface area contributed by atoms with Crippen LogP contribution in [0.1, 0.15) is 32.8 Å². The quantitative estimate of drug-likeness (QED) is 0.183. The standard InChI is InChI=1S/C22H34N4O7/c1-12(2)9-15(23)19(29)25-17(11-27)20(30)26-18(13(3)28)21(31)24-16(22(32)33)10-14-7-5-4-6-8-14/h4-8,12-13,15-18,27-28H,9-11,23H2,1-3H3,(H,24,31)(H,25,29)(H,26,30)(H,32,33)/t13-,15+,16+,17+,18+/m1/s1. The maximum absolute atomic E-state index is 12.7. The average molecular weight is 467 g/mol. The van der Waals surface area contributed by atoms with Gasteiger partial charge < -0.3 is 37.0 Å². The predicted octanol–water partition coefficient (Wildman–Crippen LogP) is -1.49. The molecule has 0 aliphatic heterocycles. The molecule has 1 aromatic rings. The zero-order valence-corrected chi connectivity index (χ0v) is 19.0. The summed E-state index contributed by atoms with van der Waals surface area (Å²) in [6.07, 6.45) is -1.04. The Morgan fingerprint density at radius 2 is 1.48 bits per heavy atom. The van der Waals surface area contributed by atoms with Crippen LogP contribution in [0.5, 0.6) is 0 Å². The van der Waals surface area contributed by atoms with Gasteiger partial charge in [-0.05, 0) is 24.8 Å². The van der Waals surface area contributed by atoms with E-state index in [2.05, 4.69) is 16.0 Å². The number of benzene rings is 1. The lowest BCUT2D eigenvalue weighted by Crippen LogP contribution is -2.60. The summed E-state index contributed by atoms with van der Waals surface area (Å²) >= 11 is 0. The molecule has 0 saturated carbocycles. The number of carbonyl (C=O) groups is 4. The first kappa shape index (κ1) is 28.0. The fourth-order valence-electron chi connectivity index (χ4n) is 3.06. The van der Waals surface area contributed by atoms with Gasteiger partial charge in [-0.2, -0.15) is 0 Å². The minimum atomic E-state index is -1.52. The molecule has 0 aliphatic carbocycles. The SMILES string of the molecule is CC(C)C[C@H](N)C(=O)N[C@@H](CO)C(=O)N[C@H](C(=O)N[C@@H](Cc1ccccc1)C(=O)O)[C@@H](C)O. The van der Waals surface area contributed by atoms with Crippen LogP contribution < -0.4 is 21.7 Å². The van der Waals surface area contributed by atoms with Crippen molar-refractivity contribution in [1.29, 1.82) is 0 Å². The topological polar surface area (TPSA) is 191 Å². The first-order valence-corrected chi connectivity index (χ1v) is 10.7. The van der Waals surface area contributed by atoms with E-state index < -0.39 is 60.6 Å². The maximum atomic E-state index is 12.7. The third kappa shape index (κ3) is 9.56. The van der Waals surface area contributed by atoms with Crippen molar-refractivity contribution < 1.29 is 34.5 Å². The summed E-state index contributed by atoms with van der Waals surface area (Å²) in [6.45, 7) is 4.21. The smallest absolute Gasteiger partial charge is 0.326 e. The fourth-order valence-corrected chi connectivity index (χ4v) is 3.06. The second-order valence-corrected chi connectivity index (χ2v) is 8.30. The number of nitrogens with two attached hydrogens (primary N) is 1. The number of carbonyl (C=O) groups excluding carboxylic acids is 3. The van der Waals surface area contributed by atoms with Gasteiger partial charge >= 0.3 is 5.97 Å². The molecule has 1 rings (SSSR count). The minimum Gasteiger partial charge on any atom is -0.480 e. The van der Waals surface area contributed by atoms with Crippen LogP contribution in [0.25, 0.3) is 0 Å². The largest absolute Gasteiger partial charge is 0.480 e. The Bertz CT molecular complexity index is 801. The molecule has 8 N–H and O–H groups in total. The highest BCUT2D eigenvalue weighted by Crippen LogP contribution is 2.06. The van der Waals surface area contributed by atoms with Crippen molar-refractivity contribution in [2.24, 2.45) is 11.7 Å². The van der Waals surface area contributed by atoms with E-state index in [4.69, 9.17) is 5.73 Å². The second kappa shape index (κ2) is 13.5. The number of carboxylic acids is 1. The Labute approximate surface area is 192 Å². The van der Waals surface area contributed by atoms with Crippen LogP contribution in [0.15, 0.2) is 30.3 Å². The first-order valence-electron chi connectivity index (χ1n) is 10.7. The van der Waals surface area contributed by atoms with E-state index in [1.54, 1.807) is 30.3 Å². The monoisotopic (exact) mass is 466 g/mol. The van der Waals surface area contributed by atoms with Crippen molar-refractivity contribution >= 4 is 23.7 Å².